The van der Waals surface area contributed by atoms with Gasteiger partial charge in [0.05, 0.1) is 16.8 Å². The Balaban J connectivity index is 1.86. The van der Waals surface area contributed by atoms with Gasteiger partial charge in [-0.25, -0.2) is 9.97 Å². The summed E-state index contributed by atoms with van der Waals surface area (Å²) in [5.74, 6) is 0.0595. The smallest absolute Gasteiger partial charge is 0.262 e. The molecular weight excluding hydrogens is 286 g/mol. The van der Waals surface area contributed by atoms with Crippen molar-refractivity contribution in [3.05, 3.63) is 48.2 Å². The van der Waals surface area contributed by atoms with Gasteiger partial charge in [-0.1, -0.05) is 23.5 Å². The Bertz CT molecular complexity index is 752. The third kappa shape index (κ3) is 2.85. The van der Waals surface area contributed by atoms with Crippen molar-refractivity contribution in [2.24, 2.45) is 0 Å². The van der Waals surface area contributed by atoms with Crippen LogP contribution >= 0.6 is 11.3 Å². The fourth-order valence-electron chi connectivity index (χ4n) is 1.91. The highest BCUT2D eigenvalue weighted by Crippen LogP contribution is 2.26. The van der Waals surface area contributed by atoms with Gasteiger partial charge >= 0.3 is 0 Å². The Morgan fingerprint density at radius 3 is 2.95 bits per heavy atom. The Labute approximate surface area is 125 Å². The van der Waals surface area contributed by atoms with E-state index in [1.54, 1.807) is 18.3 Å². The van der Waals surface area contributed by atoms with E-state index in [9.17, 15) is 4.79 Å². The summed E-state index contributed by atoms with van der Waals surface area (Å²) in [6, 6.07) is 11.1. The average Bonchev–Trinajstić information content (AvgIpc) is 2.90. The van der Waals surface area contributed by atoms with E-state index in [0.717, 1.165) is 10.2 Å². The molecule has 0 saturated carbocycles. The van der Waals surface area contributed by atoms with Crippen molar-refractivity contribution in [3.63, 3.8) is 0 Å². The van der Waals surface area contributed by atoms with Crippen molar-refractivity contribution < 1.29 is 9.53 Å². The molecule has 0 unspecified atom stereocenters. The third-order valence-electron chi connectivity index (χ3n) is 2.81. The van der Waals surface area contributed by atoms with Crippen LogP contribution in [0.2, 0.25) is 0 Å². The largest absolute Gasteiger partial charge is 0.477 e. The maximum Gasteiger partial charge on any atom is 0.262 e. The lowest BCUT2D eigenvalue weighted by molar-refractivity contribution is 0.102. The van der Waals surface area contributed by atoms with E-state index in [4.69, 9.17) is 4.74 Å². The lowest BCUT2D eigenvalue weighted by atomic mass is 10.2. The first-order chi connectivity index (χ1) is 10.3. The number of anilines is 1. The van der Waals surface area contributed by atoms with Crippen LogP contribution in [0.5, 0.6) is 5.88 Å². The number of carbonyl (C=O) groups excluding carboxylic acids is 1. The molecule has 1 amide bonds. The van der Waals surface area contributed by atoms with Crippen molar-refractivity contribution in [3.8, 4) is 5.88 Å². The van der Waals surface area contributed by atoms with Gasteiger partial charge in [-0.3, -0.25) is 10.1 Å². The summed E-state index contributed by atoms with van der Waals surface area (Å²) in [6.45, 7) is 2.31. The highest BCUT2D eigenvalue weighted by atomic mass is 32.1. The van der Waals surface area contributed by atoms with Crippen LogP contribution in [0.15, 0.2) is 42.6 Å². The Morgan fingerprint density at radius 1 is 1.29 bits per heavy atom. The quantitative estimate of drug-likeness (QED) is 0.802. The standard InChI is InChI=1S/C15H13N3O2S/c1-2-20-14-10(6-5-9-16-14)13(19)18-15-17-11-7-3-4-8-12(11)21-15/h3-9H,2H2,1H3,(H,17,18,19). The van der Waals surface area contributed by atoms with Gasteiger partial charge in [0.1, 0.15) is 5.56 Å². The number of ether oxygens (including phenoxy) is 1. The van der Waals surface area contributed by atoms with Crippen LogP contribution in [0.25, 0.3) is 10.2 Å². The predicted octanol–water partition coefficient (Wildman–Crippen LogP) is 3.34. The molecule has 0 bridgehead atoms. The number of nitrogens with zero attached hydrogens (tertiary/aromatic N) is 2. The minimum absolute atomic E-state index is 0.273. The van der Waals surface area contributed by atoms with Crippen LogP contribution in [-0.4, -0.2) is 22.5 Å². The van der Waals surface area contributed by atoms with Gasteiger partial charge in [-0.15, -0.1) is 0 Å². The minimum Gasteiger partial charge on any atom is -0.477 e. The molecule has 1 N–H and O–H groups in total. The number of hydrogen-bond acceptors (Lipinski definition) is 5. The highest BCUT2D eigenvalue weighted by molar-refractivity contribution is 7.22. The molecule has 2 aromatic heterocycles. The number of para-hydroxylation sites is 1. The minimum atomic E-state index is -0.273. The van der Waals surface area contributed by atoms with E-state index in [1.807, 2.05) is 31.2 Å². The lowest BCUT2D eigenvalue weighted by Crippen LogP contribution is -2.14. The molecular formula is C15H13N3O2S. The van der Waals surface area contributed by atoms with Gasteiger partial charge in [0.2, 0.25) is 5.88 Å². The SMILES string of the molecule is CCOc1ncccc1C(=O)Nc1nc2ccccc2s1. The second-order valence-corrected chi connectivity index (χ2v) is 5.26. The maximum atomic E-state index is 12.3. The monoisotopic (exact) mass is 299 g/mol. The fraction of sp³-hybridized carbons (Fsp3) is 0.133. The molecule has 0 aliphatic rings. The number of nitrogens with one attached hydrogen (secondary N) is 1. The Morgan fingerprint density at radius 2 is 2.14 bits per heavy atom. The molecule has 21 heavy (non-hydrogen) atoms. The summed E-state index contributed by atoms with van der Waals surface area (Å²) < 4.78 is 6.40. The molecule has 0 atom stereocenters. The number of rotatable bonds is 4. The summed E-state index contributed by atoms with van der Waals surface area (Å²) in [4.78, 5) is 20.8. The Hall–Kier alpha value is -2.47. The van der Waals surface area contributed by atoms with Gasteiger partial charge in [-0.05, 0) is 31.2 Å². The fourth-order valence-corrected chi connectivity index (χ4v) is 2.77. The number of fused-ring (bicyclic) bond motifs is 1. The summed E-state index contributed by atoms with van der Waals surface area (Å²) in [5.41, 5.74) is 1.27. The van der Waals surface area contributed by atoms with Gasteiger partial charge in [-0.2, -0.15) is 0 Å². The molecule has 6 heteroatoms. The number of carbonyl (C=O) groups is 1. The first-order valence-electron chi connectivity index (χ1n) is 6.52. The van der Waals surface area contributed by atoms with Crippen LogP contribution in [0.3, 0.4) is 0 Å². The molecule has 0 aliphatic heterocycles. The van der Waals surface area contributed by atoms with Crippen molar-refractivity contribution in [2.45, 2.75) is 6.92 Å². The number of aromatic nitrogens is 2. The number of amides is 1. The normalized spacial score (nSPS) is 10.5. The van der Waals surface area contributed by atoms with E-state index >= 15 is 0 Å². The van der Waals surface area contributed by atoms with Crippen LogP contribution < -0.4 is 10.1 Å². The van der Waals surface area contributed by atoms with Crippen molar-refractivity contribution in [1.29, 1.82) is 0 Å². The van der Waals surface area contributed by atoms with E-state index in [2.05, 4.69) is 15.3 Å². The molecule has 0 radical (unpaired) electrons. The zero-order chi connectivity index (χ0) is 14.7. The second kappa shape index (κ2) is 5.88. The van der Waals surface area contributed by atoms with E-state index in [-0.39, 0.29) is 5.91 Å². The first-order valence-corrected chi connectivity index (χ1v) is 7.34. The van der Waals surface area contributed by atoms with Gasteiger partial charge in [0.15, 0.2) is 5.13 Å². The van der Waals surface area contributed by atoms with Crippen molar-refractivity contribution in [1.82, 2.24) is 9.97 Å². The van der Waals surface area contributed by atoms with E-state index < -0.39 is 0 Å². The zero-order valence-corrected chi connectivity index (χ0v) is 12.2. The van der Waals surface area contributed by atoms with Crippen LogP contribution in [0.4, 0.5) is 5.13 Å². The van der Waals surface area contributed by atoms with Crippen molar-refractivity contribution >= 4 is 32.6 Å². The average molecular weight is 299 g/mol. The second-order valence-electron chi connectivity index (χ2n) is 4.23. The molecule has 0 fully saturated rings. The van der Waals surface area contributed by atoms with Gasteiger partial charge in [0, 0.05) is 6.20 Å². The van der Waals surface area contributed by atoms with Crippen LogP contribution in [0, 0.1) is 0 Å². The number of pyridine rings is 1. The van der Waals surface area contributed by atoms with Crippen molar-refractivity contribution in [2.75, 3.05) is 11.9 Å². The van der Waals surface area contributed by atoms with E-state index in [0.29, 0.717) is 23.2 Å². The summed E-state index contributed by atoms with van der Waals surface area (Å²) in [5, 5.41) is 3.36. The molecule has 3 aromatic rings. The molecule has 0 saturated heterocycles. The number of benzene rings is 1. The van der Waals surface area contributed by atoms with Crippen LogP contribution in [-0.2, 0) is 0 Å². The maximum absolute atomic E-state index is 12.3. The molecule has 3 rings (SSSR count). The number of hydrogen-bond donors (Lipinski definition) is 1. The van der Waals surface area contributed by atoms with Crippen LogP contribution in [0.1, 0.15) is 17.3 Å². The zero-order valence-electron chi connectivity index (χ0n) is 11.4. The molecule has 0 spiro atoms. The molecule has 2 heterocycles. The summed E-state index contributed by atoms with van der Waals surface area (Å²) in [6.07, 6.45) is 1.60. The molecule has 5 nitrogen and oxygen atoms in total. The summed E-state index contributed by atoms with van der Waals surface area (Å²) in [7, 11) is 0. The molecule has 0 aliphatic carbocycles. The predicted molar refractivity (Wildman–Crippen MR) is 83.0 cm³/mol. The van der Waals surface area contributed by atoms with Gasteiger partial charge in [0.25, 0.3) is 5.91 Å². The highest BCUT2D eigenvalue weighted by Gasteiger charge is 2.15. The molecule has 1 aromatic carbocycles. The first kappa shape index (κ1) is 13.5. The summed E-state index contributed by atoms with van der Waals surface area (Å²) >= 11 is 1.44. The topological polar surface area (TPSA) is 64.1 Å². The number of thiazole rings is 1. The molecule has 106 valence electrons. The third-order valence-corrected chi connectivity index (χ3v) is 3.76. The lowest BCUT2D eigenvalue weighted by Gasteiger charge is -2.07. The van der Waals surface area contributed by atoms with E-state index in [1.165, 1.54) is 11.3 Å². The van der Waals surface area contributed by atoms with Gasteiger partial charge < -0.3 is 4.74 Å². The Kier molecular flexibility index (Phi) is 3.79.